The third-order valence-corrected chi connectivity index (χ3v) is 8.68. The molecule has 0 aromatic carbocycles. The Morgan fingerprint density at radius 2 is 1.86 bits per heavy atom. The van der Waals surface area contributed by atoms with Crippen LogP contribution in [0.3, 0.4) is 0 Å². The molecule has 206 valence electrons. The Hall–Kier alpha value is -2.27. The lowest BCUT2D eigenvalue weighted by atomic mass is 9.66. The second-order valence-electron chi connectivity index (χ2n) is 11.0. The molecule has 1 N–H and O–H groups in total. The summed E-state index contributed by atoms with van der Waals surface area (Å²) in [6.45, 7) is 15.7. The number of aliphatic hydroxyl groups is 1. The molecule has 4 rings (SSSR count). The van der Waals surface area contributed by atoms with E-state index in [1.165, 1.54) is 4.90 Å². The van der Waals surface area contributed by atoms with E-state index in [1.807, 2.05) is 6.92 Å². The van der Waals surface area contributed by atoms with Crippen LogP contribution in [0.2, 0.25) is 0 Å². The summed E-state index contributed by atoms with van der Waals surface area (Å²) in [4.78, 5) is 49.0. The molecule has 0 aliphatic carbocycles. The van der Waals surface area contributed by atoms with Gasteiger partial charge < -0.3 is 29.3 Å². The molecule has 2 unspecified atom stereocenters. The van der Waals surface area contributed by atoms with Crippen LogP contribution in [0.4, 0.5) is 0 Å². The monoisotopic (exact) mass is 518 g/mol. The lowest BCUT2D eigenvalue weighted by Gasteiger charge is -2.39. The van der Waals surface area contributed by atoms with Crippen molar-refractivity contribution in [2.24, 2.45) is 11.8 Å². The fourth-order valence-corrected chi connectivity index (χ4v) is 6.81. The van der Waals surface area contributed by atoms with E-state index in [-0.39, 0.29) is 24.3 Å². The fraction of sp³-hybridized carbons (Fsp3) is 0.741. The van der Waals surface area contributed by atoms with Gasteiger partial charge in [0.2, 0.25) is 17.7 Å². The van der Waals surface area contributed by atoms with Crippen LogP contribution < -0.4 is 0 Å². The minimum absolute atomic E-state index is 0.178. The van der Waals surface area contributed by atoms with Crippen LogP contribution in [0.25, 0.3) is 0 Å². The number of aliphatic hydroxyl groups excluding tert-OH is 1. The van der Waals surface area contributed by atoms with Crippen molar-refractivity contribution < 1.29 is 29.0 Å². The van der Waals surface area contributed by atoms with Gasteiger partial charge in [0.15, 0.2) is 0 Å². The van der Waals surface area contributed by atoms with E-state index in [4.69, 9.17) is 9.47 Å². The number of ether oxygens (including phenoxy) is 2. The number of fused-ring (bicyclic) bond motifs is 1. The van der Waals surface area contributed by atoms with E-state index in [0.29, 0.717) is 52.2 Å². The van der Waals surface area contributed by atoms with E-state index in [0.717, 1.165) is 13.1 Å². The summed E-state index contributed by atoms with van der Waals surface area (Å²) in [5, 5.41) is 10.1. The Balaban J connectivity index is 1.68. The number of likely N-dealkylation sites (N-methyl/N-ethyl adjacent to an activating group) is 1. The first-order chi connectivity index (χ1) is 17.6. The van der Waals surface area contributed by atoms with Crippen LogP contribution in [0, 0.1) is 11.8 Å². The molecule has 10 heteroatoms. The Labute approximate surface area is 219 Å². The molecular weight excluding hydrogens is 476 g/mol. The van der Waals surface area contributed by atoms with Crippen LogP contribution in [0.15, 0.2) is 25.3 Å². The molecule has 0 radical (unpaired) electrons. The smallest absolute Gasteiger partial charge is 0.248 e. The van der Waals surface area contributed by atoms with Crippen molar-refractivity contribution in [3.8, 4) is 0 Å². The molecule has 4 aliphatic heterocycles. The predicted molar refractivity (Wildman–Crippen MR) is 137 cm³/mol. The number of carbonyl (C=O) groups excluding carboxylic acids is 3. The first-order valence-electron chi connectivity index (χ1n) is 13.3. The van der Waals surface area contributed by atoms with Gasteiger partial charge in [0.25, 0.3) is 0 Å². The van der Waals surface area contributed by atoms with E-state index in [9.17, 15) is 19.5 Å². The molecule has 4 saturated heterocycles. The van der Waals surface area contributed by atoms with Crippen molar-refractivity contribution in [2.45, 2.75) is 50.0 Å². The first-order valence-corrected chi connectivity index (χ1v) is 13.3. The Morgan fingerprint density at radius 3 is 2.49 bits per heavy atom. The van der Waals surface area contributed by atoms with Gasteiger partial charge in [0, 0.05) is 46.3 Å². The minimum Gasteiger partial charge on any atom is -0.394 e. The Morgan fingerprint density at radius 1 is 1.19 bits per heavy atom. The zero-order chi connectivity index (χ0) is 27.0. The second-order valence-corrected chi connectivity index (χ2v) is 11.0. The van der Waals surface area contributed by atoms with Gasteiger partial charge in [0.05, 0.1) is 43.3 Å². The van der Waals surface area contributed by atoms with Crippen LogP contribution in [-0.4, -0.2) is 132 Å². The molecule has 4 heterocycles. The summed E-state index contributed by atoms with van der Waals surface area (Å²) in [7, 11) is 1.69. The van der Waals surface area contributed by atoms with Gasteiger partial charge in [-0.1, -0.05) is 12.2 Å². The number of nitrogens with zero attached hydrogens (tertiary/aromatic N) is 4. The molecule has 0 saturated carbocycles. The quantitative estimate of drug-likeness (QED) is 0.388. The van der Waals surface area contributed by atoms with Crippen LogP contribution in [0.5, 0.6) is 0 Å². The zero-order valence-corrected chi connectivity index (χ0v) is 22.4. The van der Waals surface area contributed by atoms with Gasteiger partial charge in [-0.05, 0) is 26.7 Å². The van der Waals surface area contributed by atoms with Gasteiger partial charge in [-0.3, -0.25) is 19.3 Å². The van der Waals surface area contributed by atoms with E-state index < -0.39 is 35.1 Å². The van der Waals surface area contributed by atoms with Gasteiger partial charge in [-0.25, -0.2) is 0 Å². The largest absolute Gasteiger partial charge is 0.394 e. The molecule has 1 spiro atoms. The number of rotatable bonds is 11. The molecule has 10 nitrogen and oxygen atoms in total. The van der Waals surface area contributed by atoms with E-state index in [2.05, 4.69) is 18.1 Å². The number of hydrogen-bond donors (Lipinski definition) is 1. The third kappa shape index (κ3) is 4.62. The number of hydrogen-bond acceptors (Lipinski definition) is 7. The summed E-state index contributed by atoms with van der Waals surface area (Å²) >= 11 is 0. The predicted octanol–water partition coefficient (Wildman–Crippen LogP) is 0.123. The molecule has 2 bridgehead atoms. The maximum absolute atomic E-state index is 14.3. The zero-order valence-electron chi connectivity index (χ0n) is 22.4. The number of morpholine rings is 1. The number of likely N-dealkylation sites (tertiary alicyclic amines) is 1. The summed E-state index contributed by atoms with van der Waals surface area (Å²) in [5.41, 5.74) is -1.95. The Bertz CT molecular complexity index is 923. The fourth-order valence-electron chi connectivity index (χ4n) is 6.81. The topological polar surface area (TPSA) is 103 Å². The highest BCUT2D eigenvalue weighted by molar-refractivity contribution is 5.99. The van der Waals surface area contributed by atoms with Gasteiger partial charge in [-0.15, -0.1) is 13.2 Å². The number of amides is 3. The third-order valence-electron chi connectivity index (χ3n) is 8.68. The minimum atomic E-state index is -1.11. The van der Waals surface area contributed by atoms with Crippen molar-refractivity contribution in [3.63, 3.8) is 0 Å². The summed E-state index contributed by atoms with van der Waals surface area (Å²) < 4.78 is 12.1. The molecule has 6 atom stereocenters. The normalized spacial score (nSPS) is 33.8. The van der Waals surface area contributed by atoms with Crippen molar-refractivity contribution in [3.05, 3.63) is 25.3 Å². The van der Waals surface area contributed by atoms with Gasteiger partial charge >= 0.3 is 0 Å². The molecule has 0 aromatic rings. The highest BCUT2D eigenvalue weighted by atomic mass is 16.5. The first kappa shape index (κ1) is 27.8. The molecular formula is C27H42N4O6. The van der Waals surface area contributed by atoms with E-state index in [1.54, 1.807) is 35.9 Å². The number of carbonyl (C=O) groups is 3. The van der Waals surface area contributed by atoms with Crippen molar-refractivity contribution in [1.29, 1.82) is 0 Å². The molecule has 0 aromatic heterocycles. The van der Waals surface area contributed by atoms with Crippen LogP contribution >= 0.6 is 0 Å². The highest BCUT2D eigenvalue weighted by Gasteiger charge is 2.78. The van der Waals surface area contributed by atoms with Crippen molar-refractivity contribution >= 4 is 17.7 Å². The average Bonchev–Trinajstić information content (AvgIpc) is 3.46. The highest BCUT2D eigenvalue weighted by Crippen LogP contribution is 2.63. The van der Waals surface area contributed by atoms with Crippen LogP contribution in [0.1, 0.15) is 26.7 Å². The Kier molecular flexibility index (Phi) is 8.13. The summed E-state index contributed by atoms with van der Waals surface area (Å²) in [6.07, 6.45) is 4.42. The lowest BCUT2D eigenvalue weighted by Crippen LogP contribution is -2.59. The van der Waals surface area contributed by atoms with Gasteiger partial charge in [0.1, 0.15) is 11.6 Å². The SMILES string of the molecule is C=CCN(C)C(=O)[C@@H]1[C@H]2C(=O)N([C@H](C)CO)C(C(=O)N(CC=C)CCN3CCOCC3)C23CC[C@@]1(C)O3. The van der Waals surface area contributed by atoms with Crippen molar-refractivity contribution in [1.82, 2.24) is 19.6 Å². The summed E-state index contributed by atoms with van der Waals surface area (Å²) in [5.74, 6) is -2.17. The second kappa shape index (κ2) is 10.8. The molecule has 4 aliphatic rings. The maximum Gasteiger partial charge on any atom is 0.248 e. The summed E-state index contributed by atoms with van der Waals surface area (Å²) in [6, 6.07) is -1.51. The van der Waals surface area contributed by atoms with Gasteiger partial charge in [-0.2, -0.15) is 0 Å². The lowest BCUT2D eigenvalue weighted by molar-refractivity contribution is -0.155. The van der Waals surface area contributed by atoms with E-state index >= 15 is 0 Å². The molecule has 3 amide bonds. The maximum atomic E-state index is 14.3. The average molecular weight is 519 g/mol. The standard InChI is InChI=1S/C27H42N4O6/c1-6-10-28(5)23(33)20-21-24(34)31(19(3)18-32)22(27(21)9-8-26(20,4)37-27)25(35)30(11-7-2)13-12-29-14-16-36-17-15-29/h6-7,19-22,32H,1-2,8-18H2,3-5H3/t19-,20+,21+,22?,26-,27?/m1/s1. The van der Waals surface area contributed by atoms with Crippen molar-refractivity contribution in [2.75, 3.05) is 66.1 Å². The molecule has 4 fully saturated rings. The molecule has 37 heavy (non-hydrogen) atoms. The van der Waals surface area contributed by atoms with Crippen LogP contribution in [-0.2, 0) is 23.9 Å².